The average Bonchev–Trinajstić information content (AvgIpc) is 3.54. The summed E-state index contributed by atoms with van der Waals surface area (Å²) in [6.45, 7) is -6.21. The molecule has 83 heavy (non-hydrogen) atoms. The van der Waals surface area contributed by atoms with Crippen LogP contribution in [0.15, 0.2) is 17.6 Å². The van der Waals surface area contributed by atoms with Crippen LogP contribution in [0.4, 0.5) is 0 Å². The number of nitrogens with zero attached hydrogens (tertiary/aromatic N) is 2. The Morgan fingerprint density at radius 2 is 0.506 bits per heavy atom. The van der Waals surface area contributed by atoms with Crippen molar-refractivity contribution >= 4 is 11.8 Å². The summed E-state index contributed by atoms with van der Waals surface area (Å²) in [5, 5.41) is 223. The highest BCUT2D eigenvalue weighted by molar-refractivity contribution is 7.99. The Kier molecular flexibility index (Phi) is 22.1. The molecule has 21 aliphatic rings. The molecule has 0 spiro atoms. The van der Waals surface area contributed by atoms with Gasteiger partial charge in [-0.15, -0.1) is 0 Å². The molecule has 0 unspecified atom stereocenters. The molecule has 478 valence electrons. The summed E-state index contributed by atoms with van der Waals surface area (Å²) in [6.07, 6.45) is -66.2. The maximum Gasteiger partial charge on any atom is 0.187 e. The summed E-state index contributed by atoms with van der Waals surface area (Å²) in [5.41, 5.74) is 0. The first-order valence-electron chi connectivity index (χ1n) is 26.5. The first-order valence-corrected chi connectivity index (χ1v) is 27.5. The molecule has 21 saturated heterocycles. The van der Waals surface area contributed by atoms with Crippen LogP contribution in [0, 0.1) is 0 Å². The predicted molar refractivity (Wildman–Crippen MR) is 255 cm³/mol. The summed E-state index contributed by atoms with van der Waals surface area (Å²) in [6, 6.07) is 0. The van der Waals surface area contributed by atoms with Crippen molar-refractivity contribution < 1.29 is 168 Å². The Morgan fingerprint density at radius 3 is 0.687 bits per heavy atom. The normalized spacial score (nSPS) is 52.2. The minimum atomic E-state index is -2.21. The average molecular weight is 1230 g/mol. The lowest BCUT2D eigenvalue weighted by molar-refractivity contribution is -0.396. The Bertz CT molecular complexity index is 2170. The molecule has 20 N–H and O–H groups in total. The molecule has 0 aliphatic carbocycles. The van der Waals surface area contributed by atoms with Gasteiger partial charge in [0, 0.05) is 25.2 Å². The van der Waals surface area contributed by atoms with E-state index in [0.717, 1.165) is 11.8 Å². The molecule has 14 bridgehead atoms. The Hall–Kier alpha value is -1.80. The first kappa shape index (κ1) is 65.6. The number of aryl methyl sites for hydroxylation is 1. The van der Waals surface area contributed by atoms with E-state index in [0.29, 0.717) is 5.16 Å². The van der Waals surface area contributed by atoms with Crippen molar-refractivity contribution in [1.29, 1.82) is 0 Å². The van der Waals surface area contributed by atoms with Crippen LogP contribution in [0.25, 0.3) is 0 Å². The second-order valence-electron chi connectivity index (χ2n) is 21.1. The topological polar surface area (TPSA) is 552 Å². The number of aromatic nitrogens is 2. The van der Waals surface area contributed by atoms with E-state index >= 15 is 0 Å². The van der Waals surface area contributed by atoms with Crippen molar-refractivity contribution in [3.63, 3.8) is 0 Å². The number of rotatable bonds is 9. The number of ether oxygens (including phenoxy) is 14. The third-order valence-corrected chi connectivity index (χ3v) is 16.9. The number of thioether (sulfide) groups is 1. The molecule has 22 rings (SSSR count). The van der Waals surface area contributed by atoms with E-state index in [1.54, 1.807) is 17.8 Å². The van der Waals surface area contributed by atoms with E-state index in [1.165, 1.54) is 6.20 Å². The summed E-state index contributed by atoms with van der Waals surface area (Å²) < 4.78 is 82.9. The minimum Gasteiger partial charge on any atom is -0.394 e. The fourth-order valence-electron chi connectivity index (χ4n) is 11.1. The van der Waals surface area contributed by atoms with E-state index in [9.17, 15) is 102 Å². The van der Waals surface area contributed by atoms with Gasteiger partial charge in [0.15, 0.2) is 49.2 Å². The number of hydrogen-bond donors (Lipinski definition) is 20. The van der Waals surface area contributed by atoms with Crippen molar-refractivity contribution in [3.05, 3.63) is 12.4 Å². The zero-order valence-electron chi connectivity index (χ0n) is 43.8. The number of hydrogen-bond acceptors (Lipinski definition) is 36. The summed E-state index contributed by atoms with van der Waals surface area (Å²) in [7, 11) is 1.65. The van der Waals surface area contributed by atoms with Crippen molar-refractivity contribution in [1.82, 2.24) is 9.55 Å². The summed E-state index contributed by atoms with van der Waals surface area (Å²) >= 11 is 1.03. The molecule has 0 amide bonds. The second kappa shape index (κ2) is 27.9. The van der Waals surface area contributed by atoms with Gasteiger partial charge in [-0.2, -0.15) is 0 Å². The molecule has 22 heterocycles. The van der Waals surface area contributed by atoms with Gasteiger partial charge in [0.2, 0.25) is 0 Å². The number of aliphatic hydroxyl groups excluding tert-OH is 20. The Balaban J connectivity index is 1.01. The monoisotopic (exact) mass is 1230 g/mol. The van der Waals surface area contributed by atoms with Gasteiger partial charge in [0.05, 0.1) is 45.7 Å². The van der Waals surface area contributed by atoms with Gasteiger partial charge >= 0.3 is 0 Å². The molecule has 36 nitrogen and oxygen atoms in total. The Morgan fingerprint density at radius 1 is 0.313 bits per heavy atom. The molecule has 21 aliphatic heterocycles. The first-order chi connectivity index (χ1) is 39.6. The van der Waals surface area contributed by atoms with E-state index < -0.39 is 255 Å². The van der Waals surface area contributed by atoms with Gasteiger partial charge in [-0.25, -0.2) is 4.98 Å². The highest BCUT2D eigenvalue weighted by Gasteiger charge is 2.59. The molecule has 37 heteroatoms. The van der Waals surface area contributed by atoms with Gasteiger partial charge in [0.1, 0.15) is 165 Å². The van der Waals surface area contributed by atoms with Crippen LogP contribution in [-0.4, -0.2) is 372 Å². The summed E-state index contributed by atoms with van der Waals surface area (Å²) in [5.74, 6) is -0.209. The zero-order chi connectivity index (χ0) is 60.0. The lowest BCUT2D eigenvalue weighted by Gasteiger charge is -2.50. The Labute approximate surface area is 473 Å². The van der Waals surface area contributed by atoms with Gasteiger partial charge in [0.25, 0.3) is 0 Å². The predicted octanol–water partition coefficient (Wildman–Crippen LogP) is -13.7. The lowest BCUT2D eigenvalue weighted by atomic mass is 9.95. The van der Waals surface area contributed by atoms with Crippen LogP contribution in [0.5, 0.6) is 0 Å². The van der Waals surface area contributed by atoms with Crippen molar-refractivity contribution in [2.75, 3.05) is 45.4 Å². The van der Waals surface area contributed by atoms with Crippen molar-refractivity contribution in [3.8, 4) is 0 Å². The fraction of sp³-hybridized carbons (Fsp3) is 0.935. The van der Waals surface area contributed by atoms with Crippen LogP contribution in [0.2, 0.25) is 0 Å². The van der Waals surface area contributed by atoms with Gasteiger partial charge < -0.3 is 173 Å². The fourth-order valence-corrected chi connectivity index (χ4v) is 12.0. The SMILES string of the molecule is Cn1ccnc1SC[C@H]1O[C@@H]2O[C@H]3[C@H](O)[C@@H](O)[C@@H](O[C@H]4[C@H](O)[C@@H](O)[C@@H](O[C@H]5[C@H](O)[C@@H](O)[C@@H](O[C@H]6[C@H](O)[C@@H](O)[C@@H](O[C@H]7[C@H](O)[C@@H](O)[C@@H](O[C@H]8[C@H](O)[C@@H](O)[C@@H](O[C@H]1[C@H](O)[C@H]2O)O[C@@H]8CO)O[C@@H]7CO)O[C@@H]6CO)O[C@@H]5CO)O[C@@H]4CO)O[C@@H]3CO. The smallest absolute Gasteiger partial charge is 0.187 e. The van der Waals surface area contributed by atoms with Crippen LogP contribution in [-0.2, 0) is 73.4 Å². The highest BCUT2D eigenvalue weighted by atomic mass is 32.2. The molecule has 1 aromatic heterocycles. The van der Waals surface area contributed by atoms with Gasteiger partial charge in [-0.05, 0) is 0 Å². The minimum absolute atomic E-state index is 0.209. The van der Waals surface area contributed by atoms with Crippen molar-refractivity contribution in [2.45, 2.75) is 220 Å². The maximum absolute atomic E-state index is 11.8. The molecule has 0 aromatic carbocycles. The number of imidazole rings is 1. The standard InChI is InChI=1S/C46H74N2O34S/c1-48-3-2-47-46(48)83-10-17-38-24(61)31(68)45(75-17)81-37-16(9-54)73-43(29(66)22(37)59)79-35-14(7-52)71-41(27(64)20(35)57)77-33-12(5-50)69-39(25(62)18(33)55)76-32-11(4-49)70-40(26(63)19(32)56)78-34-13(6-51)72-42(28(65)21(34)58)80-36-15(8-53)74-44(82-38)30(67)23(36)60/h2-3,11-45,49-68H,4-10H2,1H3/t11-,12-,13-,14-,15-,16-,17-,18-,19-,20-,21-,22-,23-,24-,25-,26-,27-,28-,29-,30-,31-,32-,33-,34-,35-,36-,37-,38-,39-,40-,41-,42-,43-,44-,45-/m1/s1. The largest absolute Gasteiger partial charge is 0.394 e. The zero-order valence-corrected chi connectivity index (χ0v) is 44.6. The molecule has 1 aromatic rings. The van der Waals surface area contributed by atoms with Gasteiger partial charge in [-0.3, -0.25) is 0 Å². The molecule has 0 saturated carbocycles. The molecular weight excluding hydrogens is 1160 g/mol. The van der Waals surface area contributed by atoms with Crippen molar-refractivity contribution in [2.24, 2.45) is 7.05 Å². The van der Waals surface area contributed by atoms with Crippen LogP contribution < -0.4 is 0 Å². The number of aliphatic hydroxyl groups is 20. The van der Waals surface area contributed by atoms with Gasteiger partial charge in [-0.1, -0.05) is 11.8 Å². The molecule has 0 radical (unpaired) electrons. The van der Waals surface area contributed by atoms with E-state index in [2.05, 4.69) is 4.98 Å². The third-order valence-electron chi connectivity index (χ3n) is 15.8. The third kappa shape index (κ3) is 13.1. The summed E-state index contributed by atoms with van der Waals surface area (Å²) in [4.78, 5) is 4.24. The van der Waals surface area contributed by atoms with Crippen LogP contribution >= 0.6 is 11.8 Å². The van der Waals surface area contributed by atoms with E-state index in [1.807, 2.05) is 0 Å². The maximum atomic E-state index is 11.8. The van der Waals surface area contributed by atoms with E-state index in [-0.39, 0.29) is 5.75 Å². The van der Waals surface area contributed by atoms with E-state index in [4.69, 9.17) is 66.3 Å². The quantitative estimate of drug-likeness (QED) is 0.102. The molecule has 21 fully saturated rings. The van der Waals surface area contributed by atoms with Crippen LogP contribution in [0.1, 0.15) is 0 Å². The lowest BCUT2D eigenvalue weighted by Crippen LogP contribution is -2.68. The molecular formula is C46H74N2O34S. The highest BCUT2D eigenvalue weighted by Crippen LogP contribution is 2.39. The second-order valence-corrected chi connectivity index (χ2v) is 22.1. The van der Waals surface area contributed by atoms with Crippen LogP contribution in [0.3, 0.4) is 0 Å². The molecule has 35 atom stereocenters.